The van der Waals surface area contributed by atoms with Gasteiger partial charge in [0.25, 0.3) is 5.91 Å². The molecule has 6 heteroatoms. The van der Waals surface area contributed by atoms with Crippen LogP contribution in [0.4, 0.5) is 0 Å². The lowest BCUT2D eigenvalue weighted by atomic mass is 9.88. The van der Waals surface area contributed by atoms with Gasteiger partial charge in [0.05, 0.1) is 26.9 Å². The molecule has 1 aliphatic carbocycles. The predicted molar refractivity (Wildman–Crippen MR) is 109 cm³/mol. The summed E-state index contributed by atoms with van der Waals surface area (Å²) in [5, 5.41) is 0. The number of amides is 1. The van der Waals surface area contributed by atoms with Crippen molar-refractivity contribution < 1.29 is 19.0 Å². The van der Waals surface area contributed by atoms with Crippen LogP contribution in [0.25, 0.3) is 0 Å². The van der Waals surface area contributed by atoms with Gasteiger partial charge in [-0.3, -0.25) is 9.69 Å². The van der Waals surface area contributed by atoms with Crippen LogP contribution in [0.15, 0.2) is 18.2 Å². The highest BCUT2D eigenvalue weighted by Gasteiger charge is 2.24. The Labute approximate surface area is 168 Å². The molecule has 1 aromatic carbocycles. The summed E-state index contributed by atoms with van der Waals surface area (Å²) in [7, 11) is 3.18. The molecule has 0 bridgehead atoms. The van der Waals surface area contributed by atoms with Crippen molar-refractivity contribution in [2.24, 2.45) is 5.92 Å². The maximum atomic E-state index is 12.8. The van der Waals surface area contributed by atoms with E-state index in [2.05, 4.69) is 11.8 Å². The van der Waals surface area contributed by atoms with E-state index < -0.39 is 0 Å². The zero-order valence-corrected chi connectivity index (χ0v) is 17.5. The van der Waals surface area contributed by atoms with Crippen LogP contribution in [-0.4, -0.2) is 75.4 Å². The lowest BCUT2D eigenvalue weighted by molar-refractivity contribution is -0.0173. The molecular weight excluding hydrogens is 356 g/mol. The first-order chi connectivity index (χ1) is 13.6. The van der Waals surface area contributed by atoms with Crippen molar-refractivity contribution in [3.63, 3.8) is 0 Å². The summed E-state index contributed by atoms with van der Waals surface area (Å²) in [6.45, 7) is 7.31. The van der Waals surface area contributed by atoms with Crippen LogP contribution in [0.1, 0.15) is 43.0 Å². The van der Waals surface area contributed by atoms with Crippen molar-refractivity contribution in [1.82, 2.24) is 9.80 Å². The quantitative estimate of drug-likeness (QED) is 0.716. The molecule has 1 saturated carbocycles. The van der Waals surface area contributed by atoms with Gasteiger partial charge in [-0.2, -0.15) is 0 Å². The fourth-order valence-corrected chi connectivity index (χ4v) is 4.19. The smallest absolute Gasteiger partial charge is 0.254 e. The van der Waals surface area contributed by atoms with Crippen LogP contribution in [0.5, 0.6) is 11.5 Å². The van der Waals surface area contributed by atoms with E-state index in [0.29, 0.717) is 29.1 Å². The van der Waals surface area contributed by atoms with Crippen LogP contribution in [0.3, 0.4) is 0 Å². The zero-order chi connectivity index (χ0) is 19.9. The van der Waals surface area contributed by atoms with Gasteiger partial charge in [-0.15, -0.1) is 0 Å². The number of carbonyl (C=O) groups is 1. The topological polar surface area (TPSA) is 51.2 Å². The van der Waals surface area contributed by atoms with E-state index in [4.69, 9.17) is 14.2 Å². The fourth-order valence-electron chi connectivity index (χ4n) is 4.19. The van der Waals surface area contributed by atoms with E-state index in [1.54, 1.807) is 32.4 Å². The molecule has 1 saturated heterocycles. The molecule has 28 heavy (non-hydrogen) atoms. The second-order valence-corrected chi connectivity index (χ2v) is 7.87. The highest BCUT2D eigenvalue weighted by molar-refractivity contribution is 5.95. The van der Waals surface area contributed by atoms with Crippen LogP contribution in [0.2, 0.25) is 0 Å². The number of hydrogen-bond donors (Lipinski definition) is 0. The van der Waals surface area contributed by atoms with Crippen LogP contribution in [-0.2, 0) is 4.74 Å². The van der Waals surface area contributed by atoms with E-state index in [1.165, 1.54) is 25.7 Å². The molecule has 6 nitrogen and oxygen atoms in total. The van der Waals surface area contributed by atoms with Crippen molar-refractivity contribution in [3.05, 3.63) is 23.8 Å². The maximum Gasteiger partial charge on any atom is 0.254 e. The molecule has 2 aliphatic rings. The van der Waals surface area contributed by atoms with Gasteiger partial charge in [-0.1, -0.05) is 19.8 Å². The van der Waals surface area contributed by atoms with E-state index in [-0.39, 0.29) is 5.91 Å². The Morgan fingerprint density at radius 1 is 1.04 bits per heavy atom. The predicted octanol–water partition coefficient (Wildman–Crippen LogP) is 3.06. The molecule has 1 aromatic rings. The van der Waals surface area contributed by atoms with Gasteiger partial charge in [0.15, 0.2) is 11.5 Å². The third-order valence-electron chi connectivity index (χ3n) is 6.06. The number of methoxy groups -OCH3 is 2. The molecule has 0 aromatic heterocycles. The minimum atomic E-state index is 0.0490. The number of nitrogens with zero attached hydrogens (tertiary/aromatic N) is 2. The van der Waals surface area contributed by atoms with Crippen molar-refractivity contribution in [2.75, 3.05) is 53.6 Å². The summed E-state index contributed by atoms with van der Waals surface area (Å²) in [6.07, 6.45) is 5.57. The van der Waals surface area contributed by atoms with E-state index >= 15 is 0 Å². The molecule has 2 atom stereocenters. The number of piperazine rings is 1. The molecule has 1 aliphatic heterocycles. The third-order valence-corrected chi connectivity index (χ3v) is 6.06. The van der Waals surface area contributed by atoms with E-state index in [1.807, 2.05) is 4.90 Å². The summed E-state index contributed by atoms with van der Waals surface area (Å²) in [5.74, 6) is 1.95. The second kappa shape index (κ2) is 10.1. The molecule has 1 heterocycles. The molecule has 1 amide bonds. The first-order valence-corrected chi connectivity index (χ1v) is 10.5. The monoisotopic (exact) mass is 390 g/mol. The van der Waals surface area contributed by atoms with E-state index in [9.17, 15) is 4.79 Å². The molecule has 2 fully saturated rings. The third kappa shape index (κ3) is 5.17. The highest BCUT2D eigenvalue weighted by atomic mass is 16.5. The Hall–Kier alpha value is -1.79. The summed E-state index contributed by atoms with van der Waals surface area (Å²) in [5.41, 5.74) is 0.640. The van der Waals surface area contributed by atoms with Gasteiger partial charge >= 0.3 is 0 Å². The SMILES string of the molecule is COc1ccc(C(=O)N2CCN(CCOC3CCCCC3C)CC2)cc1OC. The lowest BCUT2D eigenvalue weighted by Gasteiger charge is -2.35. The Balaban J connectivity index is 1.44. The zero-order valence-electron chi connectivity index (χ0n) is 17.5. The number of carbonyl (C=O) groups excluding carboxylic acids is 1. The van der Waals surface area contributed by atoms with Gasteiger partial charge < -0.3 is 19.1 Å². The number of benzene rings is 1. The number of rotatable bonds is 7. The second-order valence-electron chi connectivity index (χ2n) is 7.87. The average molecular weight is 391 g/mol. The highest BCUT2D eigenvalue weighted by Crippen LogP contribution is 2.28. The van der Waals surface area contributed by atoms with Crippen LogP contribution in [0, 0.1) is 5.92 Å². The molecule has 2 unspecified atom stereocenters. The van der Waals surface area contributed by atoms with Crippen LogP contribution < -0.4 is 9.47 Å². The number of ether oxygens (including phenoxy) is 3. The molecule has 3 rings (SSSR count). The maximum absolute atomic E-state index is 12.8. The minimum absolute atomic E-state index is 0.0490. The van der Waals surface area contributed by atoms with Gasteiger partial charge in [-0.25, -0.2) is 0 Å². The molecule has 0 spiro atoms. The number of hydrogen-bond acceptors (Lipinski definition) is 5. The molecular formula is C22H34N2O4. The summed E-state index contributed by atoms with van der Waals surface area (Å²) in [4.78, 5) is 17.1. The summed E-state index contributed by atoms with van der Waals surface area (Å²) < 4.78 is 16.7. The molecule has 0 radical (unpaired) electrons. The molecule has 156 valence electrons. The Morgan fingerprint density at radius 2 is 1.75 bits per heavy atom. The Bertz CT molecular complexity index is 643. The summed E-state index contributed by atoms with van der Waals surface area (Å²) in [6, 6.07) is 5.34. The van der Waals surface area contributed by atoms with Crippen molar-refractivity contribution >= 4 is 5.91 Å². The Morgan fingerprint density at radius 3 is 2.43 bits per heavy atom. The lowest BCUT2D eigenvalue weighted by Crippen LogP contribution is -2.49. The van der Waals surface area contributed by atoms with Crippen molar-refractivity contribution in [3.8, 4) is 11.5 Å². The Kier molecular flexibility index (Phi) is 7.57. The van der Waals surface area contributed by atoms with Crippen LogP contribution >= 0.6 is 0 Å². The normalized spacial score (nSPS) is 23.5. The largest absolute Gasteiger partial charge is 0.493 e. The van der Waals surface area contributed by atoms with Crippen molar-refractivity contribution in [1.29, 1.82) is 0 Å². The van der Waals surface area contributed by atoms with Gasteiger partial charge in [0, 0.05) is 38.3 Å². The first-order valence-electron chi connectivity index (χ1n) is 10.5. The van der Waals surface area contributed by atoms with E-state index in [0.717, 1.165) is 39.3 Å². The average Bonchev–Trinajstić information content (AvgIpc) is 2.74. The standard InChI is InChI=1S/C22H34N2O4/c1-17-6-4-5-7-19(17)28-15-14-23-10-12-24(13-11-23)22(25)18-8-9-20(26-2)21(16-18)27-3/h8-9,16-17,19H,4-7,10-15H2,1-3H3. The van der Waals surface area contributed by atoms with Crippen molar-refractivity contribution in [2.45, 2.75) is 38.7 Å². The first kappa shape index (κ1) is 20.9. The van der Waals surface area contributed by atoms with Gasteiger partial charge in [0.1, 0.15) is 0 Å². The van der Waals surface area contributed by atoms with Gasteiger partial charge in [0.2, 0.25) is 0 Å². The minimum Gasteiger partial charge on any atom is -0.493 e. The van der Waals surface area contributed by atoms with Gasteiger partial charge in [-0.05, 0) is 37.0 Å². The summed E-state index contributed by atoms with van der Waals surface area (Å²) >= 11 is 0. The fraction of sp³-hybridized carbons (Fsp3) is 0.682. The molecule has 0 N–H and O–H groups in total.